The van der Waals surface area contributed by atoms with E-state index in [1.165, 1.54) is 12.5 Å². The van der Waals surface area contributed by atoms with E-state index < -0.39 is 0 Å². The van der Waals surface area contributed by atoms with Gasteiger partial charge in [0.25, 0.3) is 5.91 Å². The number of amides is 2. The summed E-state index contributed by atoms with van der Waals surface area (Å²) in [6.45, 7) is 6.50. The maximum atomic E-state index is 13.6. The van der Waals surface area contributed by atoms with Crippen molar-refractivity contribution in [3.05, 3.63) is 90.0 Å². The number of rotatable bonds is 12. The van der Waals surface area contributed by atoms with Gasteiger partial charge in [-0.2, -0.15) is 0 Å². The number of hydrogen-bond acceptors (Lipinski definition) is 8. The molecule has 234 valence electrons. The van der Waals surface area contributed by atoms with Gasteiger partial charge in [-0.1, -0.05) is 60.7 Å². The van der Waals surface area contributed by atoms with Crippen molar-refractivity contribution in [1.82, 2.24) is 30.1 Å². The van der Waals surface area contributed by atoms with Crippen LogP contribution < -0.4 is 10.6 Å². The van der Waals surface area contributed by atoms with E-state index in [0.717, 1.165) is 49.2 Å². The van der Waals surface area contributed by atoms with Crippen LogP contribution in [-0.4, -0.2) is 89.2 Å². The van der Waals surface area contributed by atoms with Crippen LogP contribution in [0.1, 0.15) is 29.4 Å². The van der Waals surface area contributed by atoms with E-state index in [9.17, 15) is 9.59 Å². The third-order valence-electron chi connectivity index (χ3n) is 8.21. The molecule has 3 N–H and O–H groups in total. The highest BCUT2D eigenvalue weighted by molar-refractivity contribution is 6.00. The SMILES string of the molecule is CC(=O)NCCNc1nc(-c2ccccc2)nc2[nH]c(C(=O)N3CCN(CCC(Cc4ccccc4)C4=COCO4)CC3)cc12. The second-order valence-electron chi connectivity index (χ2n) is 11.4. The van der Waals surface area contributed by atoms with Crippen LogP contribution in [0.5, 0.6) is 0 Å². The number of carbonyl (C=O) groups excluding carboxylic acids is 2. The summed E-state index contributed by atoms with van der Waals surface area (Å²) in [5, 5.41) is 6.83. The molecule has 1 fully saturated rings. The zero-order valence-corrected chi connectivity index (χ0v) is 25.5. The highest BCUT2D eigenvalue weighted by atomic mass is 16.7. The third kappa shape index (κ3) is 7.61. The van der Waals surface area contributed by atoms with Crippen molar-refractivity contribution >= 4 is 28.7 Å². The first-order valence-electron chi connectivity index (χ1n) is 15.5. The molecule has 1 atom stereocenters. The van der Waals surface area contributed by atoms with Gasteiger partial charge in [-0.3, -0.25) is 14.5 Å². The van der Waals surface area contributed by atoms with E-state index in [0.29, 0.717) is 49.2 Å². The molecule has 0 saturated carbocycles. The van der Waals surface area contributed by atoms with Crippen LogP contribution in [-0.2, 0) is 20.7 Å². The molecular weight excluding hydrogens is 570 g/mol. The summed E-state index contributed by atoms with van der Waals surface area (Å²) in [5.74, 6) is 2.17. The van der Waals surface area contributed by atoms with Gasteiger partial charge in [0.15, 0.2) is 5.82 Å². The van der Waals surface area contributed by atoms with E-state index in [4.69, 9.17) is 19.4 Å². The Morgan fingerprint density at radius 1 is 0.978 bits per heavy atom. The van der Waals surface area contributed by atoms with Crippen LogP contribution in [0.3, 0.4) is 0 Å². The maximum Gasteiger partial charge on any atom is 0.270 e. The van der Waals surface area contributed by atoms with Gasteiger partial charge in [0.1, 0.15) is 29.2 Å². The molecule has 2 amide bonds. The van der Waals surface area contributed by atoms with Gasteiger partial charge in [-0.15, -0.1) is 0 Å². The molecule has 6 rings (SSSR count). The molecule has 2 aliphatic rings. The summed E-state index contributed by atoms with van der Waals surface area (Å²) >= 11 is 0. The number of H-pyrrole nitrogens is 1. The number of carbonyl (C=O) groups is 2. The van der Waals surface area contributed by atoms with Crippen LogP contribution >= 0.6 is 0 Å². The summed E-state index contributed by atoms with van der Waals surface area (Å²) in [5.41, 5.74) is 3.22. The lowest BCUT2D eigenvalue weighted by Gasteiger charge is -2.35. The molecule has 0 aliphatic carbocycles. The number of allylic oxidation sites excluding steroid dienone is 1. The molecule has 4 heterocycles. The minimum absolute atomic E-state index is 0.0540. The zero-order chi connectivity index (χ0) is 31.0. The first kappa shape index (κ1) is 30.1. The van der Waals surface area contributed by atoms with E-state index in [-0.39, 0.29) is 24.5 Å². The molecular formula is C34H39N7O4. The molecule has 1 unspecified atom stereocenters. The average molecular weight is 610 g/mol. The highest BCUT2D eigenvalue weighted by Gasteiger charge is 2.26. The lowest BCUT2D eigenvalue weighted by atomic mass is 9.94. The Kier molecular flexibility index (Phi) is 9.55. The number of ether oxygens (including phenoxy) is 2. The van der Waals surface area contributed by atoms with Crippen molar-refractivity contribution in [2.75, 3.05) is 57.9 Å². The van der Waals surface area contributed by atoms with Crippen molar-refractivity contribution in [1.29, 1.82) is 0 Å². The van der Waals surface area contributed by atoms with Crippen molar-refractivity contribution in [2.24, 2.45) is 5.92 Å². The number of aromatic amines is 1. The minimum atomic E-state index is -0.0916. The van der Waals surface area contributed by atoms with Gasteiger partial charge in [-0.25, -0.2) is 9.97 Å². The Labute approximate surface area is 262 Å². The van der Waals surface area contributed by atoms with Crippen LogP contribution in [0.25, 0.3) is 22.4 Å². The predicted molar refractivity (Wildman–Crippen MR) is 172 cm³/mol. The Morgan fingerprint density at radius 3 is 2.44 bits per heavy atom. The van der Waals surface area contributed by atoms with Crippen molar-refractivity contribution < 1.29 is 19.1 Å². The Bertz CT molecular complexity index is 1630. The molecule has 0 spiro atoms. The molecule has 2 aromatic carbocycles. The van der Waals surface area contributed by atoms with Crippen LogP contribution in [0.15, 0.2) is 78.8 Å². The summed E-state index contributed by atoms with van der Waals surface area (Å²) in [6.07, 6.45) is 3.59. The van der Waals surface area contributed by atoms with Gasteiger partial charge in [0, 0.05) is 57.7 Å². The van der Waals surface area contributed by atoms with Gasteiger partial charge in [-0.05, 0) is 31.0 Å². The van der Waals surface area contributed by atoms with Crippen LogP contribution in [0, 0.1) is 5.92 Å². The Hall–Kier alpha value is -4.90. The molecule has 0 radical (unpaired) electrons. The maximum absolute atomic E-state index is 13.6. The van der Waals surface area contributed by atoms with Gasteiger partial charge >= 0.3 is 0 Å². The second-order valence-corrected chi connectivity index (χ2v) is 11.4. The lowest BCUT2D eigenvalue weighted by molar-refractivity contribution is -0.118. The second kappa shape index (κ2) is 14.3. The molecule has 45 heavy (non-hydrogen) atoms. The average Bonchev–Trinajstić information content (AvgIpc) is 3.77. The standard InChI is InChI=1S/C34H39N7O4/c1-24(42)35-13-14-36-32-28-21-29(37-33(28)39-31(38-32)26-10-6-3-7-11-26)34(43)41-18-16-40(17-19-41)15-12-27(30-22-44-23-45-30)20-25-8-4-2-5-9-25/h2-11,21-22,27H,12-20,23H2,1H3,(H,35,42)(H2,36,37,38,39). The van der Waals surface area contributed by atoms with Gasteiger partial charge < -0.3 is 30.0 Å². The fourth-order valence-electron chi connectivity index (χ4n) is 5.79. The number of fused-ring (bicyclic) bond motifs is 1. The largest absolute Gasteiger partial charge is 0.462 e. The summed E-state index contributed by atoms with van der Waals surface area (Å²) in [7, 11) is 0. The van der Waals surface area contributed by atoms with Crippen LogP contribution in [0.4, 0.5) is 5.82 Å². The first-order chi connectivity index (χ1) is 22.0. The van der Waals surface area contributed by atoms with Gasteiger partial charge in [0.05, 0.1) is 5.39 Å². The van der Waals surface area contributed by atoms with E-state index >= 15 is 0 Å². The van der Waals surface area contributed by atoms with Crippen molar-refractivity contribution in [2.45, 2.75) is 19.8 Å². The number of hydrogen-bond donors (Lipinski definition) is 3. The third-order valence-corrected chi connectivity index (χ3v) is 8.21. The monoisotopic (exact) mass is 609 g/mol. The van der Waals surface area contributed by atoms with E-state index in [1.807, 2.05) is 47.4 Å². The number of nitrogens with zero attached hydrogens (tertiary/aromatic N) is 4. The summed E-state index contributed by atoms with van der Waals surface area (Å²) in [6, 6.07) is 22.0. The smallest absolute Gasteiger partial charge is 0.270 e. The fourth-order valence-corrected chi connectivity index (χ4v) is 5.79. The number of anilines is 1. The van der Waals surface area contributed by atoms with Gasteiger partial charge in [0.2, 0.25) is 12.7 Å². The molecule has 11 heteroatoms. The van der Waals surface area contributed by atoms with Crippen molar-refractivity contribution in [3.63, 3.8) is 0 Å². The zero-order valence-electron chi connectivity index (χ0n) is 25.5. The Morgan fingerprint density at radius 2 is 1.73 bits per heavy atom. The first-order valence-corrected chi connectivity index (χ1v) is 15.5. The molecule has 1 saturated heterocycles. The topological polar surface area (TPSA) is 125 Å². The quantitative estimate of drug-likeness (QED) is 0.206. The van der Waals surface area contributed by atoms with Crippen LogP contribution in [0.2, 0.25) is 0 Å². The predicted octanol–water partition coefficient (Wildman–Crippen LogP) is 4.03. The fraction of sp³-hybridized carbons (Fsp3) is 0.353. The summed E-state index contributed by atoms with van der Waals surface area (Å²) in [4.78, 5) is 42.0. The molecule has 2 aromatic heterocycles. The molecule has 4 aromatic rings. The number of piperazine rings is 1. The van der Waals surface area contributed by atoms with E-state index in [2.05, 4.69) is 44.8 Å². The number of aromatic nitrogens is 3. The normalized spacial score (nSPS) is 15.7. The molecule has 0 bridgehead atoms. The molecule has 11 nitrogen and oxygen atoms in total. The van der Waals surface area contributed by atoms with E-state index in [1.54, 1.807) is 6.26 Å². The lowest BCUT2D eigenvalue weighted by Crippen LogP contribution is -2.49. The summed E-state index contributed by atoms with van der Waals surface area (Å²) < 4.78 is 11.1. The minimum Gasteiger partial charge on any atom is -0.462 e. The number of nitrogens with one attached hydrogen (secondary N) is 3. The van der Waals surface area contributed by atoms with Crippen molar-refractivity contribution in [3.8, 4) is 11.4 Å². The Balaban J connectivity index is 1.10. The molecule has 2 aliphatic heterocycles. The number of benzene rings is 2. The highest BCUT2D eigenvalue weighted by Crippen LogP contribution is 2.28.